The van der Waals surface area contributed by atoms with Crippen molar-refractivity contribution in [1.29, 1.82) is 0 Å². The Kier molecular flexibility index (Phi) is 6.41. The molecule has 0 radical (unpaired) electrons. The Morgan fingerprint density at radius 1 is 1.15 bits per heavy atom. The molecule has 0 spiro atoms. The van der Waals surface area contributed by atoms with Crippen molar-refractivity contribution in [3.05, 3.63) is 35.9 Å². The van der Waals surface area contributed by atoms with Crippen LogP contribution in [-0.4, -0.2) is 31.4 Å². The third-order valence-corrected chi connectivity index (χ3v) is 4.18. The minimum Gasteiger partial charge on any atom is -0.324 e. The summed E-state index contributed by atoms with van der Waals surface area (Å²) >= 11 is 0. The third kappa shape index (κ3) is 5.09. The molecule has 0 saturated carbocycles. The summed E-state index contributed by atoms with van der Waals surface area (Å²) in [5.74, 6) is 0. The van der Waals surface area contributed by atoms with Crippen LogP contribution >= 0.6 is 0 Å². The summed E-state index contributed by atoms with van der Waals surface area (Å²) in [4.78, 5) is 11.7. The van der Waals surface area contributed by atoms with Gasteiger partial charge in [0.25, 0.3) is 0 Å². The van der Waals surface area contributed by atoms with Crippen LogP contribution < -0.4 is 0 Å². The molecule has 0 bridgehead atoms. The van der Waals surface area contributed by atoms with Gasteiger partial charge in [0.15, 0.2) is 0 Å². The van der Waals surface area contributed by atoms with Crippen LogP contribution in [0.25, 0.3) is 0 Å². The number of rotatable bonds is 9. The minimum absolute atomic E-state index is 0.158. The van der Waals surface area contributed by atoms with Gasteiger partial charge in [0.1, 0.15) is 12.8 Å². The number of quaternary nitrogens is 1. The van der Waals surface area contributed by atoms with E-state index in [1.807, 2.05) is 6.07 Å². The van der Waals surface area contributed by atoms with Crippen LogP contribution in [-0.2, 0) is 11.3 Å². The molecule has 2 nitrogen and oxygen atoms in total. The highest BCUT2D eigenvalue weighted by molar-refractivity contribution is 5.59. The largest absolute Gasteiger partial charge is 0.324 e. The number of aldehydes is 1. The van der Waals surface area contributed by atoms with Gasteiger partial charge < -0.3 is 9.28 Å². The molecule has 0 aliphatic rings. The molecule has 0 aromatic heterocycles. The number of carbonyl (C=O) groups is 1. The summed E-state index contributed by atoms with van der Waals surface area (Å²) in [7, 11) is 4.46. The van der Waals surface area contributed by atoms with Crippen LogP contribution in [0.2, 0.25) is 0 Å². The van der Waals surface area contributed by atoms with Crippen molar-refractivity contribution in [3.63, 3.8) is 0 Å². The molecule has 0 aliphatic carbocycles. The van der Waals surface area contributed by atoms with Crippen molar-refractivity contribution < 1.29 is 9.28 Å². The molecule has 112 valence electrons. The second-order valence-corrected chi connectivity index (χ2v) is 6.67. The fraction of sp³-hybridized carbons (Fsp3) is 0.611. The molecule has 1 atom stereocenters. The Labute approximate surface area is 124 Å². The standard InChI is InChI=1S/C18H30NO/c1-5-7-13-18(6-2,16-20)15-19(3,4)14-17-11-9-8-10-12-17/h8-12,16H,5-7,13-15H2,1-4H3/q+1. The number of hydrogen-bond acceptors (Lipinski definition) is 1. The molecule has 20 heavy (non-hydrogen) atoms. The van der Waals surface area contributed by atoms with Crippen LogP contribution in [0.5, 0.6) is 0 Å². The molecule has 0 heterocycles. The molecule has 0 fully saturated rings. The highest BCUT2D eigenvalue weighted by atomic mass is 16.1. The van der Waals surface area contributed by atoms with E-state index in [0.29, 0.717) is 0 Å². The van der Waals surface area contributed by atoms with Gasteiger partial charge in [0.2, 0.25) is 0 Å². The van der Waals surface area contributed by atoms with Gasteiger partial charge in [-0.3, -0.25) is 0 Å². The number of unbranched alkanes of at least 4 members (excludes halogenated alkanes) is 1. The summed E-state index contributed by atoms with van der Waals surface area (Å²) in [5, 5.41) is 0. The van der Waals surface area contributed by atoms with Crippen molar-refractivity contribution in [3.8, 4) is 0 Å². The molecule has 0 amide bonds. The minimum atomic E-state index is -0.158. The number of carbonyl (C=O) groups excluding carboxylic acids is 1. The van der Waals surface area contributed by atoms with E-state index in [9.17, 15) is 4.79 Å². The molecular weight excluding hydrogens is 246 g/mol. The van der Waals surface area contributed by atoms with Gasteiger partial charge in [-0.15, -0.1) is 0 Å². The maximum absolute atomic E-state index is 11.7. The lowest BCUT2D eigenvalue weighted by molar-refractivity contribution is -0.908. The Hall–Kier alpha value is -1.15. The monoisotopic (exact) mass is 276 g/mol. The highest BCUT2D eigenvalue weighted by Gasteiger charge is 2.35. The van der Waals surface area contributed by atoms with E-state index >= 15 is 0 Å². The summed E-state index contributed by atoms with van der Waals surface area (Å²) in [6.07, 6.45) is 5.46. The van der Waals surface area contributed by atoms with E-state index in [0.717, 1.165) is 43.3 Å². The summed E-state index contributed by atoms with van der Waals surface area (Å²) in [6.45, 7) is 6.23. The van der Waals surface area contributed by atoms with E-state index in [1.54, 1.807) is 0 Å². The van der Waals surface area contributed by atoms with Crippen molar-refractivity contribution in [2.75, 3.05) is 20.6 Å². The average molecular weight is 276 g/mol. The Bertz CT molecular complexity index is 399. The zero-order valence-corrected chi connectivity index (χ0v) is 13.6. The quantitative estimate of drug-likeness (QED) is 0.491. The SMILES string of the molecule is CCCCC(C=O)(CC)C[N+](C)(C)Cc1ccccc1. The summed E-state index contributed by atoms with van der Waals surface area (Å²) < 4.78 is 0.861. The van der Waals surface area contributed by atoms with Crippen molar-refractivity contribution >= 4 is 6.29 Å². The first kappa shape index (κ1) is 16.9. The van der Waals surface area contributed by atoms with Gasteiger partial charge in [-0.1, -0.05) is 57.0 Å². The predicted molar refractivity (Wildman–Crippen MR) is 85.4 cm³/mol. The van der Waals surface area contributed by atoms with E-state index in [-0.39, 0.29) is 5.41 Å². The zero-order chi connectivity index (χ0) is 15.1. The molecule has 0 N–H and O–H groups in total. The first-order chi connectivity index (χ1) is 9.47. The maximum Gasteiger partial charge on any atom is 0.131 e. The molecule has 0 saturated heterocycles. The van der Waals surface area contributed by atoms with Crippen LogP contribution in [0.3, 0.4) is 0 Å². The van der Waals surface area contributed by atoms with Gasteiger partial charge >= 0.3 is 0 Å². The normalized spacial score (nSPS) is 14.8. The summed E-state index contributed by atoms with van der Waals surface area (Å²) in [5.41, 5.74) is 1.18. The van der Waals surface area contributed by atoms with E-state index in [2.05, 4.69) is 52.2 Å². The fourth-order valence-corrected chi connectivity index (χ4v) is 3.06. The van der Waals surface area contributed by atoms with Gasteiger partial charge in [-0.25, -0.2) is 0 Å². The lowest BCUT2D eigenvalue weighted by Crippen LogP contribution is -2.48. The molecule has 0 aliphatic heterocycles. The van der Waals surface area contributed by atoms with Crippen molar-refractivity contribution in [1.82, 2.24) is 0 Å². The molecule has 1 aromatic carbocycles. The summed E-state index contributed by atoms with van der Waals surface area (Å²) in [6, 6.07) is 10.5. The highest BCUT2D eigenvalue weighted by Crippen LogP contribution is 2.30. The van der Waals surface area contributed by atoms with Crippen LogP contribution in [0.4, 0.5) is 0 Å². The topological polar surface area (TPSA) is 17.1 Å². The fourth-order valence-electron chi connectivity index (χ4n) is 3.06. The number of benzene rings is 1. The Balaban J connectivity index is 2.77. The second-order valence-electron chi connectivity index (χ2n) is 6.67. The van der Waals surface area contributed by atoms with Gasteiger partial charge in [0.05, 0.1) is 26.1 Å². The van der Waals surface area contributed by atoms with E-state index < -0.39 is 0 Å². The number of nitrogens with zero attached hydrogens (tertiary/aromatic N) is 1. The van der Waals surface area contributed by atoms with E-state index in [1.165, 1.54) is 11.8 Å². The Morgan fingerprint density at radius 3 is 2.30 bits per heavy atom. The molecular formula is C18H30NO+. The van der Waals surface area contributed by atoms with Crippen LogP contribution in [0.15, 0.2) is 30.3 Å². The first-order valence-corrected chi connectivity index (χ1v) is 7.79. The molecule has 1 unspecified atom stereocenters. The lowest BCUT2D eigenvalue weighted by atomic mass is 9.80. The predicted octanol–water partition coefficient (Wildman–Crippen LogP) is 4.05. The zero-order valence-electron chi connectivity index (χ0n) is 13.6. The smallest absolute Gasteiger partial charge is 0.131 e. The van der Waals surface area contributed by atoms with Crippen LogP contribution in [0, 0.1) is 5.41 Å². The van der Waals surface area contributed by atoms with Gasteiger partial charge in [-0.2, -0.15) is 0 Å². The average Bonchev–Trinajstić information content (AvgIpc) is 2.44. The van der Waals surface area contributed by atoms with Crippen LogP contribution in [0.1, 0.15) is 45.1 Å². The maximum atomic E-state index is 11.7. The first-order valence-electron chi connectivity index (χ1n) is 7.79. The number of hydrogen-bond donors (Lipinski definition) is 0. The lowest BCUT2D eigenvalue weighted by Gasteiger charge is -2.38. The molecule has 1 rings (SSSR count). The van der Waals surface area contributed by atoms with Gasteiger partial charge in [0, 0.05) is 5.56 Å². The van der Waals surface area contributed by atoms with Crippen molar-refractivity contribution in [2.24, 2.45) is 5.41 Å². The van der Waals surface area contributed by atoms with Crippen molar-refractivity contribution in [2.45, 2.75) is 46.1 Å². The molecule has 2 heteroatoms. The molecule has 1 aromatic rings. The Morgan fingerprint density at radius 2 is 1.80 bits per heavy atom. The second kappa shape index (κ2) is 7.58. The third-order valence-electron chi connectivity index (χ3n) is 4.18. The van der Waals surface area contributed by atoms with E-state index in [4.69, 9.17) is 0 Å². The van der Waals surface area contributed by atoms with Gasteiger partial charge in [-0.05, 0) is 12.8 Å².